The van der Waals surface area contributed by atoms with Gasteiger partial charge in [0.25, 0.3) is 0 Å². The van der Waals surface area contributed by atoms with Gasteiger partial charge in [-0.2, -0.15) is 0 Å². The van der Waals surface area contributed by atoms with Crippen LogP contribution in [0.5, 0.6) is 0 Å². The van der Waals surface area contributed by atoms with Crippen molar-refractivity contribution in [3.05, 3.63) is 164 Å². The van der Waals surface area contributed by atoms with Crippen LogP contribution >= 0.6 is 0 Å². The van der Waals surface area contributed by atoms with Gasteiger partial charge in [-0.25, -0.2) is 15.0 Å². The van der Waals surface area contributed by atoms with Gasteiger partial charge in [0.2, 0.25) is 0 Å². The van der Waals surface area contributed by atoms with Crippen LogP contribution in [0.4, 0.5) is 0 Å². The molecule has 0 amide bonds. The van der Waals surface area contributed by atoms with Crippen LogP contribution in [-0.2, 0) is 0 Å². The molecule has 0 fully saturated rings. The molecule has 0 aliphatic heterocycles. The molecular formula is C41H27N3. The second kappa shape index (κ2) is 11.0. The molecule has 8 aromatic rings. The molecule has 1 aromatic heterocycles. The van der Waals surface area contributed by atoms with Crippen molar-refractivity contribution in [2.75, 3.05) is 0 Å². The van der Waals surface area contributed by atoms with Crippen molar-refractivity contribution in [1.82, 2.24) is 15.0 Å². The average Bonchev–Trinajstić information content (AvgIpc) is 3.11. The van der Waals surface area contributed by atoms with Crippen molar-refractivity contribution in [2.24, 2.45) is 0 Å². The van der Waals surface area contributed by atoms with Gasteiger partial charge in [-0.1, -0.05) is 158 Å². The van der Waals surface area contributed by atoms with Crippen LogP contribution in [0.3, 0.4) is 0 Å². The maximum atomic E-state index is 5.08. The molecule has 7 aromatic carbocycles. The zero-order chi connectivity index (χ0) is 29.3. The summed E-state index contributed by atoms with van der Waals surface area (Å²) in [4.78, 5) is 15.1. The highest BCUT2D eigenvalue weighted by Crippen LogP contribution is 2.34. The number of nitrogens with zero attached hydrogens (tertiary/aromatic N) is 3. The van der Waals surface area contributed by atoms with E-state index in [2.05, 4.69) is 127 Å². The summed E-state index contributed by atoms with van der Waals surface area (Å²) >= 11 is 0. The Kier molecular flexibility index (Phi) is 6.47. The minimum atomic E-state index is 0.648. The van der Waals surface area contributed by atoms with E-state index in [0.717, 1.165) is 38.6 Å². The predicted molar refractivity (Wildman–Crippen MR) is 182 cm³/mol. The van der Waals surface area contributed by atoms with Crippen LogP contribution in [0.25, 0.3) is 78.0 Å². The lowest BCUT2D eigenvalue weighted by atomic mass is 9.97. The summed E-state index contributed by atoms with van der Waals surface area (Å²) in [6, 6.07) is 57.0. The van der Waals surface area contributed by atoms with Crippen molar-refractivity contribution in [2.45, 2.75) is 0 Å². The van der Waals surface area contributed by atoms with Crippen LogP contribution in [0.1, 0.15) is 0 Å². The van der Waals surface area contributed by atoms with E-state index in [-0.39, 0.29) is 0 Å². The van der Waals surface area contributed by atoms with Gasteiger partial charge < -0.3 is 0 Å². The highest BCUT2D eigenvalue weighted by Gasteiger charge is 2.15. The van der Waals surface area contributed by atoms with Crippen LogP contribution in [0.15, 0.2) is 164 Å². The molecule has 44 heavy (non-hydrogen) atoms. The Morgan fingerprint density at radius 2 is 0.773 bits per heavy atom. The number of rotatable bonds is 5. The molecule has 1 heterocycles. The van der Waals surface area contributed by atoms with Gasteiger partial charge in [-0.15, -0.1) is 0 Å². The normalized spacial score (nSPS) is 11.2. The van der Waals surface area contributed by atoms with E-state index in [1.54, 1.807) is 0 Å². The second-order valence-electron chi connectivity index (χ2n) is 10.9. The Bertz CT molecular complexity index is 2250. The monoisotopic (exact) mass is 561 g/mol. The summed E-state index contributed by atoms with van der Waals surface area (Å²) in [6.07, 6.45) is 0. The van der Waals surface area contributed by atoms with Gasteiger partial charge in [0.05, 0.1) is 0 Å². The molecule has 0 radical (unpaired) electrons. The van der Waals surface area contributed by atoms with E-state index in [1.807, 2.05) is 36.4 Å². The Morgan fingerprint density at radius 3 is 1.50 bits per heavy atom. The zero-order valence-corrected chi connectivity index (χ0v) is 23.9. The Morgan fingerprint density at radius 1 is 0.273 bits per heavy atom. The van der Waals surface area contributed by atoms with Crippen molar-refractivity contribution >= 4 is 21.5 Å². The summed E-state index contributed by atoms with van der Waals surface area (Å²) in [6.45, 7) is 0. The lowest BCUT2D eigenvalue weighted by Gasteiger charge is -2.12. The highest BCUT2D eigenvalue weighted by atomic mass is 15.0. The van der Waals surface area contributed by atoms with Crippen molar-refractivity contribution in [3.8, 4) is 56.4 Å². The van der Waals surface area contributed by atoms with Crippen LogP contribution in [0.2, 0.25) is 0 Å². The largest absolute Gasteiger partial charge is 0.208 e. The number of benzene rings is 7. The van der Waals surface area contributed by atoms with Gasteiger partial charge in [-0.3, -0.25) is 0 Å². The summed E-state index contributed by atoms with van der Waals surface area (Å²) in [5.74, 6) is 1.96. The van der Waals surface area contributed by atoms with Gasteiger partial charge in [-0.05, 0) is 49.9 Å². The van der Waals surface area contributed by atoms with Crippen molar-refractivity contribution in [3.63, 3.8) is 0 Å². The van der Waals surface area contributed by atoms with E-state index >= 15 is 0 Å². The van der Waals surface area contributed by atoms with Gasteiger partial charge in [0.15, 0.2) is 17.5 Å². The molecule has 0 spiro atoms. The molecule has 206 valence electrons. The van der Waals surface area contributed by atoms with Crippen LogP contribution in [-0.4, -0.2) is 15.0 Å². The standard InChI is InChI=1S/C41H27N3/c1-3-11-28(12-4-1)34-26-23-30-17-10-20-37(38(30)27-34)41-43-39(32-14-5-2-6-15-32)42-40(44-41)33-24-21-31(22-25-33)36-19-9-16-29-13-7-8-18-35(29)36/h1-27H. The topological polar surface area (TPSA) is 38.7 Å². The fourth-order valence-corrected chi connectivity index (χ4v) is 5.90. The SMILES string of the molecule is c1ccc(-c2ccc3cccc(-c4nc(-c5ccccc5)nc(-c5ccc(-c6cccc7ccccc67)cc5)n4)c3c2)cc1. The van der Waals surface area contributed by atoms with Crippen molar-refractivity contribution in [1.29, 1.82) is 0 Å². The predicted octanol–water partition coefficient (Wildman–Crippen LogP) is 10.5. The fraction of sp³-hybridized carbons (Fsp3) is 0. The van der Waals surface area contributed by atoms with Crippen molar-refractivity contribution < 1.29 is 0 Å². The summed E-state index contributed by atoms with van der Waals surface area (Å²) in [5, 5.41) is 4.72. The fourth-order valence-electron chi connectivity index (χ4n) is 5.90. The highest BCUT2D eigenvalue weighted by molar-refractivity contribution is 5.98. The van der Waals surface area contributed by atoms with Crippen LogP contribution in [0, 0.1) is 0 Å². The maximum absolute atomic E-state index is 5.08. The maximum Gasteiger partial charge on any atom is 0.164 e. The molecule has 0 aliphatic rings. The number of aromatic nitrogens is 3. The Labute approximate surface area is 256 Å². The number of hydrogen-bond acceptors (Lipinski definition) is 3. The third-order valence-electron chi connectivity index (χ3n) is 8.14. The van der Waals surface area contributed by atoms with Gasteiger partial charge in [0.1, 0.15) is 0 Å². The van der Waals surface area contributed by atoms with E-state index in [4.69, 9.17) is 15.0 Å². The molecule has 0 saturated carbocycles. The molecule has 0 unspecified atom stereocenters. The molecule has 8 rings (SSSR count). The lowest BCUT2D eigenvalue weighted by molar-refractivity contribution is 1.08. The first-order valence-corrected chi connectivity index (χ1v) is 14.8. The third kappa shape index (κ3) is 4.81. The first-order chi connectivity index (χ1) is 21.8. The molecule has 0 atom stereocenters. The van der Waals surface area contributed by atoms with E-state index in [0.29, 0.717) is 17.5 Å². The lowest BCUT2D eigenvalue weighted by Crippen LogP contribution is -2.00. The third-order valence-corrected chi connectivity index (χ3v) is 8.14. The molecule has 0 bridgehead atoms. The molecule has 0 aliphatic carbocycles. The first kappa shape index (κ1) is 25.8. The summed E-state index contributed by atoms with van der Waals surface area (Å²) in [5.41, 5.74) is 7.58. The Hall–Kier alpha value is -5.93. The smallest absolute Gasteiger partial charge is 0.164 e. The summed E-state index contributed by atoms with van der Waals surface area (Å²) in [7, 11) is 0. The van der Waals surface area contributed by atoms with E-state index in [9.17, 15) is 0 Å². The quantitative estimate of drug-likeness (QED) is 0.210. The second-order valence-corrected chi connectivity index (χ2v) is 10.9. The van der Waals surface area contributed by atoms with Gasteiger partial charge in [0, 0.05) is 16.7 Å². The number of hydrogen-bond donors (Lipinski definition) is 0. The molecule has 3 nitrogen and oxygen atoms in total. The average molecular weight is 562 g/mol. The minimum absolute atomic E-state index is 0.648. The van der Waals surface area contributed by atoms with Gasteiger partial charge >= 0.3 is 0 Å². The zero-order valence-electron chi connectivity index (χ0n) is 23.9. The van der Waals surface area contributed by atoms with Crippen LogP contribution < -0.4 is 0 Å². The molecule has 0 N–H and O–H groups in total. The first-order valence-electron chi connectivity index (χ1n) is 14.8. The molecule has 3 heteroatoms. The Balaban J connectivity index is 1.27. The van der Waals surface area contributed by atoms with E-state index in [1.165, 1.54) is 21.9 Å². The minimum Gasteiger partial charge on any atom is -0.208 e. The summed E-state index contributed by atoms with van der Waals surface area (Å²) < 4.78 is 0. The van der Waals surface area contributed by atoms with E-state index < -0.39 is 0 Å². The molecule has 0 saturated heterocycles. The molecular weight excluding hydrogens is 534 g/mol. The number of fused-ring (bicyclic) bond motifs is 2.